The number of non-ortho nitro benzene ring substituents is 1. The monoisotopic (exact) mass is 393 g/mol. The lowest BCUT2D eigenvalue weighted by molar-refractivity contribution is -0.385. The van der Waals surface area contributed by atoms with Gasteiger partial charge in [-0.3, -0.25) is 15.0 Å². The molecule has 2 atom stereocenters. The van der Waals surface area contributed by atoms with Crippen LogP contribution in [0.4, 0.5) is 29.3 Å². The zero-order valence-corrected chi connectivity index (χ0v) is 14.5. The summed E-state index contributed by atoms with van der Waals surface area (Å²) in [6, 6.07) is 7.33. The minimum atomic E-state index is -4.66. The molecule has 2 heterocycles. The highest BCUT2D eigenvalue weighted by Crippen LogP contribution is 2.48. The highest BCUT2D eigenvalue weighted by molar-refractivity contribution is 5.95. The summed E-state index contributed by atoms with van der Waals surface area (Å²) in [4.78, 5) is 24.2. The lowest BCUT2D eigenvalue weighted by Crippen LogP contribution is -2.65. The molecule has 0 spiro atoms. The molecule has 2 aliphatic heterocycles. The van der Waals surface area contributed by atoms with E-state index in [-0.39, 0.29) is 23.5 Å². The molecule has 1 saturated heterocycles. The summed E-state index contributed by atoms with van der Waals surface area (Å²) in [6.07, 6.45) is -4.53. The molecule has 146 valence electrons. The third kappa shape index (κ3) is 2.72. The van der Waals surface area contributed by atoms with Crippen LogP contribution in [-0.4, -0.2) is 16.7 Å². The third-order valence-electron chi connectivity index (χ3n) is 4.92. The molecule has 2 amide bonds. The largest absolute Gasteiger partial charge is 0.467 e. The Labute approximate surface area is 156 Å². The van der Waals surface area contributed by atoms with Crippen molar-refractivity contribution in [1.29, 1.82) is 0 Å². The van der Waals surface area contributed by atoms with Gasteiger partial charge in [-0.25, -0.2) is 4.79 Å². The van der Waals surface area contributed by atoms with E-state index in [4.69, 9.17) is 4.74 Å². The Bertz CT molecular complexity index is 994. The predicted molar refractivity (Wildman–Crippen MR) is 91.9 cm³/mol. The molecule has 4 rings (SSSR count). The van der Waals surface area contributed by atoms with Gasteiger partial charge in [0.2, 0.25) is 0 Å². The van der Waals surface area contributed by atoms with Crippen LogP contribution in [0.25, 0.3) is 0 Å². The van der Waals surface area contributed by atoms with E-state index in [0.717, 1.165) is 11.0 Å². The van der Waals surface area contributed by atoms with Gasteiger partial charge in [-0.1, -0.05) is 12.1 Å². The van der Waals surface area contributed by atoms with Crippen molar-refractivity contribution in [2.75, 3.05) is 4.90 Å². The van der Waals surface area contributed by atoms with Crippen molar-refractivity contribution in [3.8, 4) is 5.75 Å². The van der Waals surface area contributed by atoms with Crippen molar-refractivity contribution in [2.45, 2.75) is 31.3 Å². The maximum absolute atomic E-state index is 13.5. The van der Waals surface area contributed by atoms with Gasteiger partial charge in [0.25, 0.3) is 5.69 Å². The molecule has 0 unspecified atom stereocenters. The number of hydrogen-bond acceptors (Lipinski definition) is 4. The van der Waals surface area contributed by atoms with Crippen LogP contribution in [-0.2, 0) is 6.18 Å². The first kappa shape index (κ1) is 18.1. The van der Waals surface area contributed by atoms with Crippen LogP contribution in [0.2, 0.25) is 0 Å². The summed E-state index contributed by atoms with van der Waals surface area (Å²) in [5.41, 5.74) is -2.41. The van der Waals surface area contributed by atoms with Gasteiger partial charge < -0.3 is 10.1 Å². The Kier molecular flexibility index (Phi) is 3.78. The Balaban J connectivity index is 1.82. The number of para-hydroxylation sites is 1. The molecular weight excluding hydrogens is 379 g/mol. The Morgan fingerprint density at radius 2 is 2.00 bits per heavy atom. The molecule has 28 heavy (non-hydrogen) atoms. The van der Waals surface area contributed by atoms with E-state index in [0.29, 0.717) is 5.56 Å². The lowest BCUT2D eigenvalue weighted by Gasteiger charge is -2.50. The number of amides is 2. The SMILES string of the molecule is C[C@@]12C[C@H](NC(=O)N1c1ccccc1C(F)(F)F)c1cc([N+](=O)[O-])ccc1O2. The number of urea groups is 1. The van der Waals surface area contributed by atoms with Crippen molar-refractivity contribution in [1.82, 2.24) is 5.32 Å². The number of nitro groups is 1. The van der Waals surface area contributed by atoms with Crippen molar-refractivity contribution < 1.29 is 27.6 Å². The van der Waals surface area contributed by atoms with Crippen LogP contribution in [0.3, 0.4) is 0 Å². The standard InChI is InChI=1S/C18H14F3N3O4/c1-17-9-13(11-8-10(24(26)27)6-7-15(11)28-17)22-16(25)23(17)14-5-3-2-4-12(14)18(19,20)21/h2-8,13H,9H2,1H3,(H,22,25)/t13-,17+/m0/s1. The molecule has 0 saturated carbocycles. The second kappa shape index (κ2) is 5.85. The quantitative estimate of drug-likeness (QED) is 0.606. The minimum Gasteiger partial charge on any atom is -0.467 e. The first-order chi connectivity index (χ1) is 13.1. The van der Waals surface area contributed by atoms with Crippen molar-refractivity contribution >= 4 is 17.4 Å². The van der Waals surface area contributed by atoms with Gasteiger partial charge in [-0.05, 0) is 25.1 Å². The van der Waals surface area contributed by atoms with Crippen LogP contribution in [0, 0.1) is 10.1 Å². The van der Waals surface area contributed by atoms with Gasteiger partial charge in [0, 0.05) is 24.1 Å². The fourth-order valence-electron chi connectivity index (χ4n) is 3.75. The number of anilines is 1. The molecule has 2 bridgehead atoms. The Morgan fingerprint density at radius 3 is 2.68 bits per heavy atom. The summed E-state index contributed by atoms with van der Waals surface area (Å²) in [6.45, 7) is 1.52. The number of rotatable bonds is 2. The number of ether oxygens (including phenoxy) is 1. The molecule has 1 N–H and O–H groups in total. The smallest absolute Gasteiger partial charge is 0.418 e. The van der Waals surface area contributed by atoms with Gasteiger partial charge in [0.05, 0.1) is 22.2 Å². The second-order valence-corrected chi connectivity index (χ2v) is 6.81. The first-order valence-corrected chi connectivity index (χ1v) is 8.34. The third-order valence-corrected chi connectivity index (χ3v) is 4.92. The molecular formula is C18H14F3N3O4. The molecule has 7 nitrogen and oxygen atoms in total. The number of benzene rings is 2. The molecule has 2 aromatic rings. The molecule has 0 radical (unpaired) electrons. The Hall–Kier alpha value is -3.30. The van der Waals surface area contributed by atoms with E-state index in [1.807, 2.05) is 0 Å². The zero-order chi connectivity index (χ0) is 20.3. The number of carbonyl (C=O) groups is 1. The van der Waals surface area contributed by atoms with E-state index in [2.05, 4.69) is 5.32 Å². The molecule has 10 heteroatoms. The van der Waals surface area contributed by atoms with Crippen LogP contribution in [0.1, 0.15) is 30.5 Å². The average Bonchev–Trinajstić information content (AvgIpc) is 2.60. The minimum absolute atomic E-state index is 0.124. The predicted octanol–water partition coefficient (Wildman–Crippen LogP) is 4.38. The topological polar surface area (TPSA) is 84.7 Å². The van der Waals surface area contributed by atoms with Crippen molar-refractivity contribution in [2.24, 2.45) is 0 Å². The van der Waals surface area contributed by atoms with Crippen LogP contribution in [0.15, 0.2) is 42.5 Å². The highest BCUT2D eigenvalue weighted by Gasteiger charge is 2.52. The number of alkyl halides is 3. The molecule has 2 aromatic carbocycles. The molecule has 0 aliphatic carbocycles. The maximum Gasteiger partial charge on any atom is 0.418 e. The molecule has 2 aliphatic rings. The second-order valence-electron chi connectivity index (χ2n) is 6.81. The van der Waals surface area contributed by atoms with Gasteiger partial charge in [-0.15, -0.1) is 0 Å². The maximum atomic E-state index is 13.5. The van der Waals surface area contributed by atoms with E-state index in [9.17, 15) is 28.1 Å². The van der Waals surface area contributed by atoms with E-state index in [1.54, 1.807) is 0 Å². The number of fused-ring (bicyclic) bond motifs is 4. The number of nitrogens with zero attached hydrogens (tertiary/aromatic N) is 2. The van der Waals surface area contributed by atoms with Gasteiger partial charge in [0.15, 0.2) is 5.72 Å². The summed E-state index contributed by atoms with van der Waals surface area (Å²) >= 11 is 0. The van der Waals surface area contributed by atoms with E-state index < -0.39 is 34.5 Å². The normalized spacial score (nSPS) is 23.5. The summed E-state index contributed by atoms with van der Waals surface area (Å²) in [5, 5.41) is 13.7. The van der Waals surface area contributed by atoms with Crippen molar-refractivity contribution in [3.05, 3.63) is 63.7 Å². The zero-order valence-electron chi connectivity index (χ0n) is 14.5. The fraction of sp³-hybridized carbons (Fsp3) is 0.278. The van der Waals surface area contributed by atoms with Crippen molar-refractivity contribution in [3.63, 3.8) is 0 Å². The van der Waals surface area contributed by atoms with E-state index >= 15 is 0 Å². The summed E-state index contributed by atoms with van der Waals surface area (Å²) in [7, 11) is 0. The lowest BCUT2D eigenvalue weighted by atomic mass is 9.89. The fourth-order valence-corrected chi connectivity index (χ4v) is 3.75. The van der Waals surface area contributed by atoms with Gasteiger partial charge in [0.1, 0.15) is 5.75 Å². The number of carbonyl (C=O) groups excluding carboxylic acids is 1. The number of nitrogens with one attached hydrogen (secondary N) is 1. The van der Waals surface area contributed by atoms with Crippen LogP contribution in [0.5, 0.6) is 5.75 Å². The Morgan fingerprint density at radius 1 is 1.29 bits per heavy atom. The summed E-state index contributed by atoms with van der Waals surface area (Å²) < 4.78 is 46.3. The number of halogens is 3. The van der Waals surface area contributed by atoms with Gasteiger partial charge >= 0.3 is 12.2 Å². The van der Waals surface area contributed by atoms with Crippen LogP contribution < -0.4 is 15.0 Å². The average molecular weight is 393 g/mol. The van der Waals surface area contributed by atoms with E-state index in [1.165, 1.54) is 43.3 Å². The number of hydrogen-bond donors (Lipinski definition) is 1. The molecule has 0 aromatic heterocycles. The highest BCUT2D eigenvalue weighted by atomic mass is 19.4. The number of nitro benzene ring substituents is 1. The van der Waals surface area contributed by atoms with Crippen LogP contribution >= 0.6 is 0 Å². The first-order valence-electron chi connectivity index (χ1n) is 8.34. The molecule has 1 fully saturated rings. The van der Waals surface area contributed by atoms with Gasteiger partial charge in [-0.2, -0.15) is 13.2 Å². The summed E-state index contributed by atoms with van der Waals surface area (Å²) in [5.74, 6) is 0.277.